The van der Waals surface area contributed by atoms with E-state index in [1.54, 1.807) is 12.1 Å². The monoisotopic (exact) mass is 314 g/mol. The van der Waals surface area contributed by atoms with Gasteiger partial charge in [-0.05, 0) is 41.8 Å². The fourth-order valence-electron chi connectivity index (χ4n) is 1.81. The van der Waals surface area contributed by atoms with E-state index in [0.717, 1.165) is 17.7 Å². The van der Waals surface area contributed by atoms with Gasteiger partial charge in [0.05, 0.1) is 5.69 Å². The van der Waals surface area contributed by atoms with Gasteiger partial charge in [-0.1, -0.05) is 52.0 Å². The van der Waals surface area contributed by atoms with E-state index in [9.17, 15) is 4.79 Å². The number of nitrogens with one attached hydrogen (secondary N) is 1. The Bertz CT molecular complexity index is 571. The van der Waals surface area contributed by atoms with Gasteiger partial charge in [0.15, 0.2) is 0 Å². The number of nitrogens with zero attached hydrogens (tertiary/aromatic N) is 1. The number of isocyanates is 1. The van der Waals surface area contributed by atoms with Crippen LogP contribution in [-0.2, 0) is 11.2 Å². The molecule has 4 nitrogen and oxygen atoms in total. The number of rotatable bonds is 5. The van der Waals surface area contributed by atoms with Crippen LogP contribution < -0.4 is 5.32 Å². The number of aliphatic hydroxyl groups is 1. The lowest BCUT2D eigenvalue weighted by Crippen LogP contribution is -1.99. The molecule has 2 rings (SSSR count). The molecule has 124 valence electrons. The molecule has 0 radical (unpaired) electrons. The standard InChI is InChI=1S/C15H14N2O2.2C2H6/c18-10-16-14-5-1-12(2-6-14)9-13-3-7-15(8-4-13)17-11-19;2*1-2/h1-8,16,18H,9-10H2;2*1-2H3. The highest BCUT2D eigenvalue weighted by molar-refractivity contribution is 5.50. The van der Waals surface area contributed by atoms with E-state index in [4.69, 9.17) is 5.11 Å². The molecule has 0 saturated heterocycles. The Balaban J connectivity index is 0.00000112. The Morgan fingerprint density at radius 3 is 1.83 bits per heavy atom. The van der Waals surface area contributed by atoms with Crippen molar-refractivity contribution in [1.82, 2.24) is 0 Å². The average Bonchev–Trinajstić information content (AvgIpc) is 2.62. The van der Waals surface area contributed by atoms with Crippen LogP contribution in [0.2, 0.25) is 0 Å². The molecular formula is C19H26N2O2. The van der Waals surface area contributed by atoms with E-state index in [1.165, 1.54) is 11.6 Å². The van der Waals surface area contributed by atoms with Crippen molar-refractivity contribution in [3.8, 4) is 0 Å². The Labute approximate surface area is 138 Å². The predicted octanol–water partition coefficient (Wildman–Crippen LogP) is 4.66. The van der Waals surface area contributed by atoms with Crippen molar-refractivity contribution in [2.45, 2.75) is 34.1 Å². The van der Waals surface area contributed by atoms with Crippen molar-refractivity contribution < 1.29 is 9.90 Å². The largest absolute Gasteiger partial charge is 0.377 e. The van der Waals surface area contributed by atoms with E-state index < -0.39 is 0 Å². The third-order valence-electron chi connectivity index (χ3n) is 2.76. The molecule has 2 N–H and O–H groups in total. The topological polar surface area (TPSA) is 61.7 Å². The van der Waals surface area contributed by atoms with Crippen molar-refractivity contribution in [3.05, 3.63) is 59.7 Å². The number of aliphatic hydroxyl groups excluding tert-OH is 1. The predicted molar refractivity (Wildman–Crippen MR) is 96.9 cm³/mol. The molecule has 0 aliphatic rings. The first-order chi connectivity index (χ1) is 11.3. The van der Waals surface area contributed by atoms with Gasteiger partial charge >= 0.3 is 0 Å². The van der Waals surface area contributed by atoms with Crippen LogP contribution in [0.4, 0.5) is 11.4 Å². The van der Waals surface area contributed by atoms with Crippen molar-refractivity contribution in [2.75, 3.05) is 12.0 Å². The molecule has 0 aliphatic heterocycles. The summed E-state index contributed by atoms with van der Waals surface area (Å²) in [6.07, 6.45) is 2.33. The molecule has 2 aromatic carbocycles. The fourth-order valence-corrected chi connectivity index (χ4v) is 1.81. The number of hydrogen-bond donors (Lipinski definition) is 2. The fraction of sp³-hybridized carbons (Fsp3) is 0.316. The molecule has 0 unspecified atom stereocenters. The van der Waals surface area contributed by atoms with Crippen LogP contribution >= 0.6 is 0 Å². The SMILES string of the molecule is CC.CC.O=C=Nc1ccc(Cc2ccc(NCO)cc2)cc1. The molecule has 0 amide bonds. The van der Waals surface area contributed by atoms with Gasteiger partial charge in [-0.3, -0.25) is 0 Å². The van der Waals surface area contributed by atoms with Crippen LogP contribution in [0.15, 0.2) is 53.5 Å². The van der Waals surface area contributed by atoms with Gasteiger partial charge in [0.2, 0.25) is 6.08 Å². The number of hydrogen-bond acceptors (Lipinski definition) is 4. The smallest absolute Gasteiger partial charge is 0.240 e. The highest BCUT2D eigenvalue weighted by Crippen LogP contribution is 2.16. The van der Waals surface area contributed by atoms with Gasteiger partial charge in [0.1, 0.15) is 6.73 Å². The van der Waals surface area contributed by atoms with E-state index in [1.807, 2.05) is 64.1 Å². The summed E-state index contributed by atoms with van der Waals surface area (Å²) in [6, 6.07) is 15.3. The second-order valence-electron chi connectivity index (χ2n) is 4.08. The maximum atomic E-state index is 10.1. The third kappa shape index (κ3) is 7.96. The molecule has 0 aliphatic carbocycles. The number of carbonyl (C=O) groups excluding carboxylic acids is 1. The maximum Gasteiger partial charge on any atom is 0.240 e. The van der Waals surface area contributed by atoms with E-state index >= 15 is 0 Å². The third-order valence-corrected chi connectivity index (χ3v) is 2.76. The summed E-state index contributed by atoms with van der Waals surface area (Å²) in [5.41, 5.74) is 3.83. The number of aliphatic imine (C=N–C) groups is 1. The lowest BCUT2D eigenvalue weighted by atomic mass is 10.0. The van der Waals surface area contributed by atoms with Gasteiger partial charge in [-0.25, -0.2) is 4.79 Å². The molecule has 0 aromatic heterocycles. The quantitative estimate of drug-likeness (QED) is 0.479. The van der Waals surface area contributed by atoms with Crippen molar-refractivity contribution in [3.63, 3.8) is 0 Å². The first-order valence-electron chi connectivity index (χ1n) is 7.92. The second-order valence-corrected chi connectivity index (χ2v) is 4.08. The normalized spacial score (nSPS) is 8.57. The van der Waals surface area contributed by atoms with Crippen LogP contribution in [0.25, 0.3) is 0 Å². The first-order valence-corrected chi connectivity index (χ1v) is 7.92. The zero-order valence-electron chi connectivity index (χ0n) is 14.3. The molecule has 0 atom stereocenters. The summed E-state index contributed by atoms with van der Waals surface area (Å²) in [4.78, 5) is 13.7. The average molecular weight is 314 g/mol. The van der Waals surface area contributed by atoms with Crippen LogP contribution in [0.3, 0.4) is 0 Å². The maximum absolute atomic E-state index is 10.1. The van der Waals surface area contributed by atoms with Gasteiger partial charge in [-0.2, -0.15) is 4.99 Å². The molecule has 0 saturated carbocycles. The second kappa shape index (κ2) is 13.3. The summed E-state index contributed by atoms with van der Waals surface area (Å²) in [6.45, 7) is 7.93. The zero-order valence-corrected chi connectivity index (χ0v) is 14.3. The lowest BCUT2D eigenvalue weighted by Gasteiger charge is -2.05. The summed E-state index contributed by atoms with van der Waals surface area (Å²) >= 11 is 0. The zero-order chi connectivity index (χ0) is 17.5. The Morgan fingerprint density at radius 1 is 0.913 bits per heavy atom. The van der Waals surface area contributed by atoms with Crippen LogP contribution in [0.5, 0.6) is 0 Å². The minimum atomic E-state index is -0.0714. The van der Waals surface area contributed by atoms with E-state index in [-0.39, 0.29) is 6.73 Å². The van der Waals surface area contributed by atoms with Crippen LogP contribution in [0, 0.1) is 0 Å². The van der Waals surface area contributed by atoms with Gasteiger partial charge in [-0.15, -0.1) is 0 Å². The summed E-state index contributed by atoms with van der Waals surface area (Å²) in [5, 5.41) is 11.6. The molecule has 0 spiro atoms. The van der Waals surface area contributed by atoms with Crippen LogP contribution in [0.1, 0.15) is 38.8 Å². The minimum absolute atomic E-state index is 0.0714. The van der Waals surface area contributed by atoms with E-state index in [2.05, 4.69) is 10.3 Å². The van der Waals surface area contributed by atoms with E-state index in [0.29, 0.717) is 5.69 Å². The molecule has 4 heteroatoms. The van der Waals surface area contributed by atoms with Gasteiger partial charge < -0.3 is 10.4 Å². The number of benzene rings is 2. The summed E-state index contributed by atoms with van der Waals surface area (Å²) in [7, 11) is 0. The first kappa shape index (κ1) is 20.6. The van der Waals surface area contributed by atoms with Gasteiger partial charge in [0, 0.05) is 5.69 Å². The molecule has 0 fully saturated rings. The molecule has 0 heterocycles. The minimum Gasteiger partial charge on any atom is -0.377 e. The highest BCUT2D eigenvalue weighted by atomic mass is 16.3. The summed E-state index contributed by atoms with van der Waals surface area (Å²) < 4.78 is 0. The Morgan fingerprint density at radius 2 is 1.39 bits per heavy atom. The highest BCUT2D eigenvalue weighted by Gasteiger charge is 1.98. The molecule has 2 aromatic rings. The Hall–Kier alpha value is -2.42. The van der Waals surface area contributed by atoms with Crippen molar-refractivity contribution in [2.24, 2.45) is 4.99 Å². The van der Waals surface area contributed by atoms with Gasteiger partial charge in [0.25, 0.3) is 0 Å². The lowest BCUT2D eigenvalue weighted by molar-refractivity contribution is 0.325. The molecular weight excluding hydrogens is 288 g/mol. The molecule has 23 heavy (non-hydrogen) atoms. The van der Waals surface area contributed by atoms with Crippen molar-refractivity contribution in [1.29, 1.82) is 0 Å². The van der Waals surface area contributed by atoms with Crippen molar-refractivity contribution >= 4 is 17.5 Å². The summed E-state index contributed by atoms with van der Waals surface area (Å²) in [5.74, 6) is 0. The Kier molecular flexibility index (Phi) is 11.9. The number of anilines is 1. The van der Waals surface area contributed by atoms with Crippen LogP contribution in [-0.4, -0.2) is 17.9 Å². The molecule has 0 bridgehead atoms.